The average molecular weight is 503 g/mol. The van der Waals surface area contributed by atoms with Gasteiger partial charge < -0.3 is 13.4 Å². The third-order valence-corrected chi connectivity index (χ3v) is 8.16. The molecule has 4 heteroatoms. The van der Waals surface area contributed by atoms with E-state index in [-0.39, 0.29) is 5.92 Å². The maximum absolute atomic E-state index is 6.70. The van der Waals surface area contributed by atoms with Gasteiger partial charge in [-0.2, -0.15) is 0 Å². The predicted octanol–water partition coefficient (Wildman–Crippen LogP) is 9.37. The lowest BCUT2D eigenvalue weighted by molar-refractivity contribution is 0.493. The van der Waals surface area contributed by atoms with E-state index in [9.17, 15) is 0 Å². The second-order valence-corrected chi connectivity index (χ2v) is 10.3. The van der Waals surface area contributed by atoms with E-state index in [2.05, 4.69) is 95.6 Å². The molecule has 0 radical (unpaired) electrons. The molecular formula is C35H22N2O2. The second kappa shape index (κ2) is 7.71. The number of oxazole rings is 1. The van der Waals surface area contributed by atoms with E-state index in [1.165, 1.54) is 27.1 Å². The van der Waals surface area contributed by atoms with Crippen LogP contribution in [0.2, 0.25) is 0 Å². The van der Waals surface area contributed by atoms with Crippen LogP contribution in [0.4, 0.5) is 0 Å². The summed E-state index contributed by atoms with van der Waals surface area (Å²) in [7, 11) is 0. The van der Waals surface area contributed by atoms with Crippen LogP contribution in [0.25, 0.3) is 66.4 Å². The van der Waals surface area contributed by atoms with E-state index in [1.807, 2.05) is 24.3 Å². The first-order valence-electron chi connectivity index (χ1n) is 13.3. The van der Waals surface area contributed by atoms with Gasteiger partial charge in [0.05, 0.1) is 22.6 Å². The van der Waals surface area contributed by atoms with Crippen molar-refractivity contribution in [1.29, 1.82) is 0 Å². The maximum atomic E-state index is 6.70. The van der Waals surface area contributed by atoms with E-state index < -0.39 is 0 Å². The number of rotatable bonds is 2. The maximum Gasteiger partial charge on any atom is 0.203 e. The molecule has 0 saturated carbocycles. The Hall–Kier alpha value is -5.09. The molecule has 9 rings (SSSR count). The third kappa shape index (κ3) is 2.86. The zero-order valence-corrected chi connectivity index (χ0v) is 21.0. The molecule has 0 amide bonds. The van der Waals surface area contributed by atoms with Crippen LogP contribution >= 0.6 is 0 Å². The summed E-state index contributed by atoms with van der Waals surface area (Å²) in [5, 5.41) is 6.02. The van der Waals surface area contributed by atoms with E-state index in [4.69, 9.17) is 13.8 Å². The average Bonchev–Trinajstić information content (AvgIpc) is 3.69. The Bertz CT molecular complexity index is 2240. The summed E-state index contributed by atoms with van der Waals surface area (Å²) in [6.45, 7) is 0. The summed E-state index contributed by atoms with van der Waals surface area (Å²) in [5.41, 5.74) is 7.12. The first-order chi connectivity index (χ1) is 19.3. The summed E-state index contributed by atoms with van der Waals surface area (Å²) < 4.78 is 15.3. The number of benzene rings is 5. The van der Waals surface area contributed by atoms with E-state index in [0.29, 0.717) is 0 Å². The second-order valence-electron chi connectivity index (χ2n) is 10.3. The van der Waals surface area contributed by atoms with Gasteiger partial charge in [-0.15, -0.1) is 0 Å². The molecule has 4 nitrogen and oxygen atoms in total. The minimum atomic E-state index is -0.00659. The fraction of sp³-hybridized carbons (Fsp3) is 0.0571. The van der Waals surface area contributed by atoms with Gasteiger partial charge in [-0.05, 0) is 42.1 Å². The smallest absolute Gasteiger partial charge is 0.203 e. The zero-order valence-electron chi connectivity index (χ0n) is 21.0. The van der Waals surface area contributed by atoms with Crippen LogP contribution in [0.3, 0.4) is 0 Å². The van der Waals surface area contributed by atoms with Gasteiger partial charge in [0.1, 0.15) is 11.3 Å². The van der Waals surface area contributed by atoms with Gasteiger partial charge in [0.15, 0.2) is 11.2 Å². The van der Waals surface area contributed by atoms with Crippen molar-refractivity contribution in [2.24, 2.45) is 0 Å². The molecule has 1 atom stereocenters. The first-order valence-corrected chi connectivity index (χ1v) is 13.3. The summed E-state index contributed by atoms with van der Waals surface area (Å²) in [5.74, 6) is 1.60. The quantitative estimate of drug-likeness (QED) is 0.236. The lowest BCUT2D eigenvalue weighted by Crippen LogP contribution is -2.04. The molecule has 0 fully saturated rings. The highest BCUT2D eigenvalue weighted by atomic mass is 16.4. The number of para-hydroxylation sites is 4. The van der Waals surface area contributed by atoms with Crippen molar-refractivity contribution in [2.45, 2.75) is 12.3 Å². The minimum Gasteiger partial charge on any atom is -0.454 e. The Morgan fingerprint density at radius 3 is 2.46 bits per heavy atom. The number of nitrogens with zero attached hydrogens (tertiary/aromatic N) is 2. The minimum absolute atomic E-state index is 0.00659. The summed E-state index contributed by atoms with van der Waals surface area (Å²) >= 11 is 0. The molecule has 0 saturated heterocycles. The standard InChI is InChI=1S/C35H22N2O2/c1-2-10-22-21(9-1)19-20-24-23-11-3-5-15-28(23)37(33(22)24)29-16-7-12-25-32-26(13-8-18-31(32)38-34(25)29)35-36-27-14-4-6-17-30(27)39-35/h1-12,14-20,26H,13H2. The van der Waals surface area contributed by atoms with Crippen LogP contribution in [-0.4, -0.2) is 9.55 Å². The first kappa shape index (κ1) is 20.9. The normalized spacial score (nSPS) is 15.2. The largest absolute Gasteiger partial charge is 0.454 e. The molecule has 1 unspecified atom stereocenters. The molecule has 3 aromatic heterocycles. The Morgan fingerprint density at radius 1 is 0.692 bits per heavy atom. The molecule has 0 spiro atoms. The monoisotopic (exact) mass is 502 g/mol. The van der Waals surface area contributed by atoms with Crippen molar-refractivity contribution in [1.82, 2.24) is 9.55 Å². The van der Waals surface area contributed by atoms with Crippen LogP contribution in [0.1, 0.15) is 29.6 Å². The molecule has 39 heavy (non-hydrogen) atoms. The van der Waals surface area contributed by atoms with Crippen LogP contribution in [0.15, 0.2) is 118 Å². The molecule has 184 valence electrons. The number of aromatic nitrogens is 2. The molecule has 1 aliphatic rings. The highest BCUT2D eigenvalue weighted by Gasteiger charge is 2.30. The third-order valence-electron chi connectivity index (χ3n) is 8.16. The Balaban J connectivity index is 1.36. The number of hydrogen-bond acceptors (Lipinski definition) is 3. The Morgan fingerprint density at radius 2 is 1.51 bits per heavy atom. The van der Waals surface area contributed by atoms with Crippen LogP contribution < -0.4 is 0 Å². The molecule has 3 heterocycles. The molecule has 0 bridgehead atoms. The van der Waals surface area contributed by atoms with Gasteiger partial charge in [-0.25, -0.2) is 4.98 Å². The molecular weight excluding hydrogens is 480 g/mol. The van der Waals surface area contributed by atoms with E-state index in [0.717, 1.165) is 56.9 Å². The molecule has 0 N–H and O–H groups in total. The number of hydrogen-bond donors (Lipinski definition) is 0. The van der Waals surface area contributed by atoms with Gasteiger partial charge in [0.25, 0.3) is 0 Å². The summed E-state index contributed by atoms with van der Waals surface area (Å²) in [4.78, 5) is 4.86. The fourth-order valence-corrected chi connectivity index (χ4v) is 6.47. The Kier molecular flexibility index (Phi) is 4.14. The van der Waals surface area contributed by atoms with E-state index in [1.54, 1.807) is 0 Å². The van der Waals surface area contributed by atoms with Crippen LogP contribution in [-0.2, 0) is 0 Å². The summed E-state index contributed by atoms with van der Waals surface area (Å²) in [6.07, 6.45) is 5.08. The Labute approximate surface area is 223 Å². The SMILES string of the molecule is C1=Cc2oc3c(-n4c5ccccc5c5ccc6ccccc6c54)cccc3c2C(c2nc3ccccc3o2)C1. The van der Waals surface area contributed by atoms with Crippen LogP contribution in [0, 0.1) is 0 Å². The van der Waals surface area contributed by atoms with Crippen molar-refractivity contribution in [2.75, 3.05) is 0 Å². The number of allylic oxidation sites excluding steroid dienone is 1. The predicted molar refractivity (Wildman–Crippen MR) is 158 cm³/mol. The van der Waals surface area contributed by atoms with Crippen molar-refractivity contribution in [3.8, 4) is 5.69 Å². The molecule has 1 aliphatic carbocycles. The zero-order chi connectivity index (χ0) is 25.5. The lowest BCUT2D eigenvalue weighted by atomic mass is 9.89. The number of fused-ring (bicyclic) bond motifs is 9. The van der Waals surface area contributed by atoms with Gasteiger partial charge in [-0.3, -0.25) is 0 Å². The molecule has 8 aromatic rings. The molecule has 5 aromatic carbocycles. The van der Waals surface area contributed by atoms with Gasteiger partial charge in [0, 0.05) is 27.1 Å². The topological polar surface area (TPSA) is 44.1 Å². The lowest BCUT2D eigenvalue weighted by Gasteiger charge is -2.15. The summed E-state index contributed by atoms with van der Waals surface area (Å²) in [6, 6.07) is 36.1. The van der Waals surface area contributed by atoms with Gasteiger partial charge in [0.2, 0.25) is 5.89 Å². The van der Waals surface area contributed by atoms with Crippen molar-refractivity contribution in [3.05, 3.63) is 126 Å². The van der Waals surface area contributed by atoms with Crippen molar-refractivity contribution < 1.29 is 8.83 Å². The van der Waals surface area contributed by atoms with Crippen LogP contribution in [0.5, 0.6) is 0 Å². The molecule has 0 aliphatic heterocycles. The number of furan rings is 1. The van der Waals surface area contributed by atoms with E-state index >= 15 is 0 Å². The van der Waals surface area contributed by atoms with Gasteiger partial charge in [-0.1, -0.05) is 84.9 Å². The van der Waals surface area contributed by atoms with Gasteiger partial charge >= 0.3 is 0 Å². The fourth-order valence-electron chi connectivity index (χ4n) is 6.47. The van der Waals surface area contributed by atoms with Crippen molar-refractivity contribution >= 4 is 60.7 Å². The highest BCUT2D eigenvalue weighted by Crippen LogP contribution is 2.45. The van der Waals surface area contributed by atoms with Crippen molar-refractivity contribution in [3.63, 3.8) is 0 Å². The highest BCUT2D eigenvalue weighted by molar-refractivity contribution is 6.19.